The summed E-state index contributed by atoms with van der Waals surface area (Å²) in [6.45, 7) is 3.81. The summed E-state index contributed by atoms with van der Waals surface area (Å²) in [6.07, 6.45) is 4.90. The van der Waals surface area contributed by atoms with Crippen LogP contribution in [0, 0.1) is 24.7 Å². The molecule has 7 heteroatoms. The van der Waals surface area contributed by atoms with Crippen LogP contribution >= 0.6 is 0 Å². The highest BCUT2D eigenvalue weighted by Crippen LogP contribution is 2.49. The van der Waals surface area contributed by atoms with Crippen molar-refractivity contribution in [3.8, 4) is 5.75 Å². The summed E-state index contributed by atoms with van der Waals surface area (Å²) in [5.74, 6) is 2.19. The first kappa shape index (κ1) is 21.8. The number of carbonyl (C=O) groups is 1. The van der Waals surface area contributed by atoms with Gasteiger partial charge in [0.2, 0.25) is 10.0 Å². The van der Waals surface area contributed by atoms with Crippen molar-refractivity contribution in [2.45, 2.75) is 50.5 Å². The van der Waals surface area contributed by atoms with Crippen molar-refractivity contribution in [3.05, 3.63) is 54.1 Å². The van der Waals surface area contributed by atoms with Gasteiger partial charge >= 0.3 is 0 Å². The average Bonchev–Trinajstić information content (AvgIpc) is 3.36. The summed E-state index contributed by atoms with van der Waals surface area (Å²) in [7, 11) is -3.60. The van der Waals surface area contributed by atoms with Crippen LogP contribution in [-0.2, 0) is 14.8 Å². The van der Waals surface area contributed by atoms with Gasteiger partial charge in [0.25, 0.3) is 5.91 Å². The van der Waals surface area contributed by atoms with E-state index in [1.165, 1.54) is 31.4 Å². The second-order valence-electron chi connectivity index (χ2n) is 8.93. The molecule has 0 radical (unpaired) electrons. The number of benzene rings is 2. The summed E-state index contributed by atoms with van der Waals surface area (Å²) in [4.78, 5) is 12.3. The predicted molar refractivity (Wildman–Crippen MR) is 120 cm³/mol. The number of anilines is 1. The third-order valence-electron chi connectivity index (χ3n) is 6.58. The topological polar surface area (TPSA) is 84.5 Å². The maximum Gasteiger partial charge on any atom is 0.262 e. The SMILES string of the molecule is Cc1cccc(OCC(=O)Nc2ccc(S(=O)(=O)N[C@H](C)[C@@H]3C[C@H]4CC[C@H]3C4)cc2)c1. The number of carbonyl (C=O) groups excluding carboxylic acids is 1. The van der Waals surface area contributed by atoms with Crippen LogP contribution in [0.1, 0.15) is 38.2 Å². The molecule has 6 nitrogen and oxygen atoms in total. The summed E-state index contributed by atoms with van der Waals surface area (Å²) in [5, 5.41) is 2.73. The molecule has 31 heavy (non-hydrogen) atoms. The third-order valence-corrected chi connectivity index (χ3v) is 8.16. The van der Waals surface area contributed by atoms with Gasteiger partial charge in [0.05, 0.1) is 4.90 Å². The van der Waals surface area contributed by atoms with Gasteiger partial charge in [0.1, 0.15) is 5.75 Å². The molecule has 2 N–H and O–H groups in total. The van der Waals surface area contributed by atoms with E-state index < -0.39 is 10.0 Å². The van der Waals surface area contributed by atoms with Crippen LogP contribution in [-0.4, -0.2) is 27.0 Å². The molecule has 2 aliphatic rings. The van der Waals surface area contributed by atoms with Crippen molar-refractivity contribution in [1.82, 2.24) is 4.72 Å². The van der Waals surface area contributed by atoms with Gasteiger partial charge in [0.15, 0.2) is 6.61 Å². The van der Waals surface area contributed by atoms with Gasteiger partial charge in [-0.15, -0.1) is 0 Å². The Morgan fingerprint density at radius 1 is 1.13 bits per heavy atom. The lowest BCUT2D eigenvalue weighted by Crippen LogP contribution is -2.40. The van der Waals surface area contributed by atoms with Gasteiger partial charge in [-0.05, 0) is 92.8 Å². The second-order valence-corrected chi connectivity index (χ2v) is 10.6. The zero-order valence-corrected chi connectivity index (χ0v) is 18.8. The standard InChI is InChI=1S/C24H30N2O4S/c1-16-4-3-5-21(12-16)30-15-24(27)25-20-8-10-22(11-9-20)31(28,29)26-17(2)23-14-18-6-7-19(23)13-18/h3-5,8-12,17-19,23,26H,6-7,13-15H2,1-2H3,(H,25,27)/t17-,18+,19+,23+/m1/s1. The maximum absolute atomic E-state index is 12.8. The summed E-state index contributed by atoms with van der Waals surface area (Å²) in [6, 6.07) is 13.6. The smallest absolute Gasteiger partial charge is 0.262 e. The quantitative estimate of drug-likeness (QED) is 0.644. The van der Waals surface area contributed by atoms with Crippen LogP contribution < -0.4 is 14.8 Å². The Bertz CT molecular complexity index is 1040. The number of nitrogens with one attached hydrogen (secondary N) is 2. The van der Waals surface area contributed by atoms with Gasteiger partial charge in [-0.1, -0.05) is 18.6 Å². The van der Waals surface area contributed by atoms with Gasteiger partial charge in [-0.25, -0.2) is 13.1 Å². The first-order valence-corrected chi connectivity index (χ1v) is 12.4. The van der Waals surface area contributed by atoms with Crippen molar-refractivity contribution in [2.24, 2.45) is 17.8 Å². The van der Waals surface area contributed by atoms with E-state index in [-0.39, 0.29) is 23.5 Å². The molecule has 166 valence electrons. The molecule has 4 atom stereocenters. The molecule has 0 aliphatic heterocycles. The lowest BCUT2D eigenvalue weighted by Gasteiger charge is -2.28. The van der Waals surface area contributed by atoms with Crippen molar-refractivity contribution in [3.63, 3.8) is 0 Å². The molecule has 0 saturated heterocycles. The molecular formula is C24H30N2O4S. The normalized spacial score (nSPS) is 23.5. The van der Waals surface area contributed by atoms with Gasteiger partial charge in [0, 0.05) is 11.7 Å². The fourth-order valence-electron chi connectivity index (χ4n) is 5.07. The molecule has 2 saturated carbocycles. The third kappa shape index (κ3) is 5.28. The van der Waals surface area contributed by atoms with Crippen molar-refractivity contribution < 1.29 is 17.9 Å². The van der Waals surface area contributed by atoms with Crippen molar-refractivity contribution in [1.29, 1.82) is 0 Å². The summed E-state index contributed by atoms with van der Waals surface area (Å²) in [5.41, 5.74) is 1.58. The van der Waals surface area contributed by atoms with Crippen LogP contribution in [0.4, 0.5) is 5.69 Å². The molecule has 2 fully saturated rings. The van der Waals surface area contributed by atoms with E-state index in [0.29, 0.717) is 23.3 Å². The van der Waals surface area contributed by atoms with E-state index in [1.54, 1.807) is 18.2 Å². The Morgan fingerprint density at radius 2 is 1.90 bits per heavy atom. The molecule has 2 aromatic rings. The number of rotatable bonds is 8. The Labute approximate surface area is 184 Å². The lowest BCUT2D eigenvalue weighted by molar-refractivity contribution is -0.118. The van der Waals surface area contributed by atoms with E-state index in [1.807, 2.05) is 32.0 Å². The molecule has 0 aromatic heterocycles. The predicted octanol–water partition coefficient (Wildman–Crippen LogP) is 4.12. The number of sulfonamides is 1. The van der Waals surface area contributed by atoms with Crippen LogP contribution in [0.3, 0.4) is 0 Å². The Balaban J connectivity index is 1.31. The molecule has 0 heterocycles. The first-order chi connectivity index (χ1) is 14.8. The Morgan fingerprint density at radius 3 is 2.55 bits per heavy atom. The average molecular weight is 443 g/mol. The van der Waals surface area contributed by atoms with Crippen LogP contribution in [0.2, 0.25) is 0 Å². The molecule has 2 aliphatic carbocycles. The van der Waals surface area contributed by atoms with Gasteiger partial charge < -0.3 is 10.1 Å². The number of hydrogen-bond donors (Lipinski definition) is 2. The van der Waals surface area contributed by atoms with Crippen molar-refractivity contribution in [2.75, 3.05) is 11.9 Å². The zero-order valence-electron chi connectivity index (χ0n) is 18.0. The highest BCUT2D eigenvalue weighted by Gasteiger charge is 2.42. The monoisotopic (exact) mass is 442 g/mol. The van der Waals surface area contributed by atoms with E-state index in [2.05, 4.69) is 10.0 Å². The number of fused-ring (bicyclic) bond motifs is 2. The highest BCUT2D eigenvalue weighted by molar-refractivity contribution is 7.89. The van der Waals surface area contributed by atoms with E-state index in [9.17, 15) is 13.2 Å². The van der Waals surface area contributed by atoms with Crippen molar-refractivity contribution >= 4 is 21.6 Å². The summed E-state index contributed by atoms with van der Waals surface area (Å²) < 4.78 is 34.0. The zero-order chi connectivity index (χ0) is 22.0. The van der Waals surface area contributed by atoms with Gasteiger partial charge in [-0.2, -0.15) is 0 Å². The molecule has 0 unspecified atom stereocenters. The van der Waals surface area contributed by atoms with E-state index >= 15 is 0 Å². The van der Waals surface area contributed by atoms with Gasteiger partial charge in [-0.3, -0.25) is 4.79 Å². The molecule has 2 aromatic carbocycles. The van der Waals surface area contributed by atoms with E-state index in [0.717, 1.165) is 17.9 Å². The highest BCUT2D eigenvalue weighted by atomic mass is 32.2. The lowest BCUT2D eigenvalue weighted by atomic mass is 9.84. The van der Waals surface area contributed by atoms with E-state index in [4.69, 9.17) is 4.74 Å². The van der Waals surface area contributed by atoms with Crippen LogP contribution in [0.25, 0.3) is 0 Å². The molecular weight excluding hydrogens is 412 g/mol. The Hall–Kier alpha value is -2.38. The minimum absolute atomic E-state index is 0.0709. The second kappa shape index (κ2) is 9.01. The number of hydrogen-bond acceptors (Lipinski definition) is 4. The Kier molecular flexibility index (Phi) is 6.34. The number of ether oxygens (including phenoxy) is 1. The molecule has 2 bridgehead atoms. The fourth-order valence-corrected chi connectivity index (χ4v) is 6.37. The maximum atomic E-state index is 12.8. The molecule has 0 spiro atoms. The minimum Gasteiger partial charge on any atom is -0.484 e. The molecule has 4 rings (SSSR count). The van der Waals surface area contributed by atoms with Crippen LogP contribution in [0.15, 0.2) is 53.4 Å². The first-order valence-electron chi connectivity index (χ1n) is 10.9. The summed E-state index contributed by atoms with van der Waals surface area (Å²) >= 11 is 0. The number of amides is 1. The fraction of sp³-hybridized carbons (Fsp3) is 0.458. The number of aryl methyl sites for hydroxylation is 1. The minimum atomic E-state index is -3.60. The largest absolute Gasteiger partial charge is 0.484 e. The van der Waals surface area contributed by atoms with Crippen LogP contribution in [0.5, 0.6) is 5.75 Å². The molecule has 1 amide bonds.